The zero-order chi connectivity index (χ0) is 19.7. The summed E-state index contributed by atoms with van der Waals surface area (Å²) < 4.78 is 11.8. The van der Waals surface area contributed by atoms with Gasteiger partial charge in [-0.2, -0.15) is 0 Å². The summed E-state index contributed by atoms with van der Waals surface area (Å²) in [6.07, 6.45) is 3.03. The van der Waals surface area contributed by atoms with Crippen molar-refractivity contribution in [1.82, 2.24) is 15.1 Å². The maximum Gasteiger partial charge on any atom is 0.260 e. The second-order valence-corrected chi connectivity index (χ2v) is 8.57. The van der Waals surface area contributed by atoms with Crippen molar-refractivity contribution in [3.8, 4) is 11.5 Å². The average Bonchev–Trinajstić information content (AvgIpc) is 3.39. The lowest BCUT2D eigenvalue weighted by Gasteiger charge is -2.34. The molecule has 2 amide bonds. The fraction of sp³-hybridized carbons (Fsp3) is 0.619. The van der Waals surface area contributed by atoms with Crippen LogP contribution in [0.3, 0.4) is 0 Å². The van der Waals surface area contributed by atoms with Gasteiger partial charge in [-0.3, -0.25) is 14.5 Å². The van der Waals surface area contributed by atoms with E-state index in [1.54, 1.807) is 0 Å². The Hall–Kier alpha value is -2.28. The van der Waals surface area contributed by atoms with E-state index < -0.39 is 0 Å². The first-order chi connectivity index (χ1) is 13.4. The van der Waals surface area contributed by atoms with Gasteiger partial charge in [-0.1, -0.05) is 12.1 Å². The van der Waals surface area contributed by atoms with Crippen LogP contribution in [0.4, 0.5) is 0 Å². The van der Waals surface area contributed by atoms with Gasteiger partial charge >= 0.3 is 0 Å². The number of amides is 2. The molecule has 2 aliphatic heterocycles. The van der Waals surface area contributed by atoms with Crippen LogP contribution in [0, 0.1) is 0 Å². The Balaban J connectivity index is 1.23. The van der Waals surface area contributed by atoms with Gasteiger partial charge in [-0.05, 0) is 32.8 Å². The van der Waals surface area contributed by atoms with E-state index in [2.05, 4.69) is 10.2 Å². The highest BCUT2D eigenvalue weighted by molar-refractivity contribution is 5.79. The van der Waals surface area contributed by atoms with Crippen molar-refractivity contribution in [2.45, 2.75) is 44.8 Å². The van der Waals surface area contributed by atoms with Crippen LogP contribution in [0.5, 0.6) is 11.5 Å². The van der Waals surface area contributed by atoms with Gasteiger partial charge in [0.05, 0.1) is 6.54 Å². The van der Waals surface area contributed by atoms with Crippen LogP contribution in [0.2, 0.25) is 0 Å². The summed E-state index contributed by atoms with van der Waals surface area (Å²) in [5.41, 5.74) is 0.876. The summed E-state index contributed by atoms with van der Waals surface area (Å²) in [4.78, 5) is 28.4. The number of carbonyl (C=O) groups excluding carboxylic acids is 2. The van der Waals surface area contributed by atoms with Gasteiger partial charge in [-0.15, -0.1) is 0 Å². The molecule has 0 bridgehead atoms. The molecule has 7 heteroatoms. The van der Waals surface area contributed by atoms with Crippen LogP contribution in [0.1, 0.15) is 32.3 Å². The Morgan fingerprint density at radius 2 is 1.96 bits per heavy atom. The molecule has 1 N–H and O–H groups in total. The minimum Gasteiger partial charge on any atom is -0.483 e. The van der Waals surface area contributed by atoms with Gasteiger partial charge in [0.25, 0.3) is 5.91 Å². The van der Waals surface area contributed by atoms with Crippen LogP contribution in [-0.2, 0) is 16.0 Å². The third kappa shape index (κ3) is 4.58. The largest absolute Gasteiger partial charge is 0.483 e. The highest BCUT2D eigenvalue weighted by Gasteiger charge is 2.32. The van der Waals surface area contributed by atoms with E-state index in [9.17, 15) is 9.59 Å². The third-order valence-corrected chi connectivity index (χ3v) is 5.44. The molecule has 1 aliphatic carbocycles. The second kappa shape index (κ2) is 7.62. The first-order valence-corrected chi connectivity index (χ1v) is 10.1. The first kappa shape index (κ1) is 19.1. The van der Waals surface area contributed by atoms with E-state index >= 15 is 0 Å². The predicted octanol–water partition coefficient (Wildman–Crippen LogP) is 1.20. The minimum absolute atomic E-state index is 0.00239. The summed E-state index contributed by atoms with van der Waals surface area (Å²) in [6, 6.07) is 6.22. The average molecular weight is 387 g/mol. The van der Waals surface area contributed by atoms with Crippen molar-refractivity contribution in [3.63, 3.8) is 0 Å². The summed E-state index contributed by atoms with van der Waals surface area (Å²) in [7, 11) is 0. The Morgan fingerprint density at radius 1 is 1.21 bits per heavy atom. The lowest BCUT2D eigenvalue weighted by Crippen LogP contribution is -2.52. The van der Waals surface area contributed by atoms with Crippen molar-refractivity contribution < 1.29 is 19.1 Å². The maximum atomic E-state index is 12.5. The van der Waals surface area contributed by atoms with E-state index in [4.69, 9.17) is 9.47 Å². The number of hydrogen-bond donors (Lipinski definition) is 1. The number of ether oxygens (including phenoxy) is 2. The Morgan fingerprint density at radius 3 is 2.68 bits per heavy atom. The number of hydrogen-bond acceptors (Lipinski definition) is 5. The number of para-hydroxylation sites is 1. The Labute approximate surface area is 166 Å². The molecule has 0 aromatic heterocycles. The molecule has 0 unspecified atom stereocenters. The van der Waals surface area contributed by atoms with Crippen molar-refractivity contribution in [3.05, 3.63) is 23.8 Å². The van der Waals surface area contributed by atoms with Gasteiger partial charge in [0, 0.05) is 44.2 Å². The maximum absolute atomic E-state index is 12.5. The number of piperazine rings is 1. The van der Waals surface area contributed by atoms with Gasteiger partial charge in [-0.25, -0.2) is 0 Å². The molecule has 1 saturated heterocycles. The minimum atomic E-state index is -0.242. The molecular weight excluding hydrogens is 358 g/mol. The number of benzene rings is 1. The van der Waals surface area contributed by atoms with Crippen LogP contribution in [0.15, 0.2) is 18.2 Å². The molecule has 7 nitrogen and oxygen atoms in total. The number of fused-ring (bicyclic) bond motifs is 1. The fourth-order valence-corrected chi connectivity index (χ4v) is 3.79. The standard InChI is InChI=1S/C21H29N3O4/c1-21(2)12-15-4-3-5-17(20(15)28-21)27-14-19(26)24-10-8-23(9-11-24)13-18(25)22-16-6-7-16/h3-5,16H,6-14H2,1-2H3,(H,22,25). The topological polar surface area (TPSA) is 71.1 Å². The van der Waals surface area contributed by atoms with Crippen molar-refractivity contribution in [2.24, 2.45) is 0 Å². The zero-order valence-electron chi connectivity index (χ0n) is 16.7. The molecule has 1 saturated carbocycles. The molecule has 4 rings (SSSR count). The fourth-order valence-electron chi connectivity index (χ4n) is 3.79. The molecule has 2 heterocycles. The molecule has 1 aromatic carbocycles. The summed E-state index contributed by atoms with van der Waals surface area (Å²) in [6.45, 7) is 7.17. The number of nitrogens with zero attached hydrogens (tertiary/aromatic N) is 2. The molecule has 3 aliphatic rings. The lowest BCUT2D eigenvalue weighted by atomic mass is 10.0. The molecule has 2 fully saturated rings. The summed E-state index contributed by atoms with van der Waals surface area (Å²) >= 11 is 0. The zero-order valence-corrected chi connectivity index (χ0v) is 16.7. The molecule has 0 spiro atoms. The third-order valence-electron chi connectivity index (χ3n) is 5.44. The van der Waals surface area contributed by atoms with Gasteiger partial charge < -0.3 is 19.7 Å². The normalized spacial score (nSPS) is 21.0. The summed E-state index contributed by atoms with van der Waals surface area (Å²) in [5, 5.41) is 3.01. The molecule has 1 aromatic rings. The van der Waals surface area contributed by atoms with E-state index in [0.29, 0.717) is 44.5 Å². The molecule has 28 heavy (non-hydrogen) atoms. The van der Waals surface area contributed by atoms with E-state index in [1.807, 2.05) is 36.9 Å². The van der Waals surface area contributed by atoms with E-state index in [0.717, 1.165) is 30.6 Å². The molecule has 152 valence electrons. The van der Waals surface area contributed by atoms with Crippen molar-refractivity contribution in [2.75, 3.05) is 39.3 Å². The van der Waals surface area contributed by atoms with Crippen molar-refractivity contribution in [1.29, 1.82) is 0 Å². The molecule has 0 atom stereocenters. The van der Waals surface area contributed by atoms with E-state index in [-0.39, 0.29) is 24.0 Å². The summed E-state index contributed by atoms with van der Waals surface area (Å²) in [5.74, 6) is 1.45. The highest BCUT2D eigenvalue weighted by Crippen LogP contribution is 2.41. The smallest absolute Gasteiger partial charge is 0.260 e. The quantitative estimate of drug-likeness (QED) is 0.794. The van der Waals surface area contributed by atoms with Crippen LogP contribution in [-0.4, -0.2) is 72.6 Å². The first-order valence-electron chi connectivity index (χ1n) is 10.1. The monoisotopic (exact) mass is 387 g/mol. The molecular formula is C21H29N3O4. The second-order valence-electron chi connectivity index (χ2n) is 8.57. The van der Waals surface area contributed by atoms with Gasteiger partial charge in [0.15, 0.2) is 18.1 Å². The number of rotatable bonds is 6. The SMILES string of the molecule is CC1(C)Cc2cccc(OCC(=O)N3CCN(CC(=O)NC4CC4)CC3)c2O1. The Bertz CT molecular complexity index is 752. The van der Waals surface area contributed by atoms with Crippen LogP contribution in [0.25, 0.3) is 0 Å². The van der Waals surface area contributed by atoms with E-state index in [1.165, 1.54) is 0 Å². The van der Waals surface area contributed by atoms with Gasteiger partial charge in [0.1, 0.15) is 5.60 Å². The molecule has 0 radical (unpaired) electrons. The Kier molecular flexibility index (Phi) is 5.19. The lowest BCUT2D eigenvalue weighted by molar-refractivity contribution is -0.135. The van der Waals surface area contributed by atoms with Gasteiger partial charge in [0.2, 0.25) is 5.91 Å². The number of nitrogens with one attached hydrogen (secondary N) is 1. The van der Waals surface area contributed by atoms with Crippen LogP contribution >= 0.6 is 0 Å². The number of carbonyl (C=O) groups is 2. The predicted molar refractivity (Wildman–Crippen MR) is 105 cm³/mol. The highest BCUT2D eigenvalue weighted by atomic mass is 16.5. The van der Waals surface area contributed by atoms with Crippen molar-refractivity contribution >= 4 is 11.8 Å². The van der Waals surface area contributed by atoms with Crippen LogP contribution < -0.4 is 14.8 Å².